The Labute approximate surface area is 140 Å². The van der Waals surface area contributed by atoms with Gasteiger partial charge in [-0.2, -0.15) is 18.4 Å². The Hall–Kier alpha value is -2.28. The predicted molar refractivity (Wildman–Crippen MR) is 88.8 cm³/mol. The van der Waals surface area contributed by atoms with Gasteiger partial charge in [-0.1, -0.05) is 58.0 Å². The van der Waals surface area contributed by atoms with Gasteiger partial charge in [-0.15, -0.1) is 0 Å². The number of alkyl halides is 3. The van der Waals surface area contributed by atoms with Crippen LogP contribution in [-0.2, 0) is 11.6 Å². The standard InChI is InChI=1S/C20H20F3N/c1-13(2)16-10-9-15(11-14(16)12-24)19(3,4)17-7-5-6-8-18(17)20(21,22)23/h5-11,13H,1-4H3. The lowest BCUT2D eigenvalue weighted by atomic mass is 9.75. The second-order valence-electron chi connectivity index (χ2n) is 6.74. The summed E-state index contributed by atoms with van der Waals surface area (Å²) in [6.45, 7) is 7.48. The largest absolute Gasteiger partial charge is 0.416 e. The first-order valence-electron chi connectivity index (χ1n) is 7.80. The molecule has 0 radical (unpaired) electrons. The van der Waals surface area contributed by atoms with E-state index in [1.54, 1.807) is 26.0 Å². The molecule has 2 aromatic rings. The molecule has 0 unspecified atom stereocenters. The normalized spacial score (nSPS) is 12.3. The van der Waals surface area contributed by atoms with Crippen LogP contribution in [0, 0.1) is 11.3 Å². The summed E-state index contributed by atoms with van der Waals surface area (Å²) in [5, 5.41) is 9.38. The Kier molecular flexibility index (Phi) is 4.75. The minimum atomic E-state index is -4.41. The fourth-order valence-corrected chi connectivity index (χ4v) is 2.98. The molecule has 0 heterocycles. The highest BCUT2D eigenvalue weighted by Gasteiger charge is 2.38. The van der Waals surface area contributed by atoms with E-state index >= 15 is 0 Å². The van der Waals surface area contributed by atoms with Gasteiger partial charge in [0.05, 0.1) is 17.2 Å². The van der Waals surface area contributed by atoms with Crippen molar-refractivity contribution in [1.82, 2.24) is 0 Å². The Morgan fingerprint density at radius 3 is 2.04 bits per heavy atom. The van der Waals surface area contributed by atoms with Gasteiger partial charge in [-0.3, -0.25) is 0 Å². The van der Waals surface area contributed by atoms with E-state index in [0.717, 1.165) is 11.6 Å². The predicted octanol–water partition coefficient (Wildman–Crippen LogP) is 6.03. The number of hydrogen-bond acceptors (Lipinski definition) is 1. The second kappa shape index (κ2) is 6.32. The highest BCUT2D eigenvalue weighted by Crippen LogP contribution is 2.41. The zero-order valence-corrected chi connectivity index (χ0v) is 14.2. The maximum Gasteiger partial charge on any atom is 0.416 e. The van der Waals surface area contributed by atoms with E-state index < -0.39 is 17.2 Å². The third-order valence-corrected chi connectivity index (χ3v) is 4.42. The third-order valence-electron chi connectivity index (χ3n) is 4.42. The highest BCUT2D eigenvalue weighted by atomic mass is 19.4. The monoisotopic (exact) mass is 331 g/mol. The number of halogens is 3. The zero-order chi connectivity index (χ0) is 18.1. The second-order valence-corrected chi connectivity index (χ2v) is 6.74. The van der Waals surface area contributed by atoms with Gasteiger partial charge in [0, 0.05) is 5.41 Å². The van der Waals surface area contributed by atoms with E-state index in [0.29, 0.717) is 11.1 Å². The van der Waals surface area contributed by atoms with Crippen LogP contribution in [0.1, 0.15) is 61.4 Å². The van der Waals surface area contributed by atoms with Crippen molar-refractivity contribution in [3.8, 4) is 6.07 Å². The maximum absolute atomic E-state index is 13.4. The minimum Gasteiger partial charge on any atom is -0.192 e. The van der Waals surface area contributed by atoms with Crippen molar-refractivity contribution in [2.75, 3.05) is 0 Å². The van der Waals surface area contributed by atoms with E-state index in [4.69, 9.17) is 0 Å². The molecular weight excluding hydrogens is 311 g/mol. The van der Waals surface area contributed by atoms with Gasteiger partial charge in [0.15, 0.2) is 0 Å². The zero-order valence-electron chi connectivity index (χ0n) is 14.2. The number of hydrogen-bond donors (Lipinski definition) is 0. The molecule has 4 heteroatoms. The van der Waals surface area contributed by atoms with E-state index in [1.165, 1.54) is 12.1 Å². The molecule has 2 aromatic carbocycles. The lowest BCUT2D eigenvalue weighted by Gasteiger charge is -2.30. The molecule has 0 N–H and O–H groups in total. The number of rotatable bonds is 3. The summed E-state index contributed by atoms with van der Waals surface area (Å²) in [6, 6.07) is 13.2. The van der Waals surface area contributed by atoms with Gasteiger partial charge >= 0.3 is 6.18 Å². The molecular formula is C20H20F3N. The van der Waals surface area contributed by atoms with Crippen LogP contribution in [-0.4, -0.2) is 0 Å². The first kappa shape index (κ1) is 18.1. The van der Waals surface area contributed by atoms with Crippen LogP contribution in [0.4, 0.5) is 13.2 Å². The van der Waals surface area contributed by atoms with Crippen molar-refractivity contribution < 1.29 is 13.2 Å². The van der Waals surface area contributed by atoms with E-state index in [1.807, 2.05) is 26.0 Å². The van der Waals surface area contributed by atoms with E-state index in [-0.39, 0.29) is 11.5 Å². The summed E-state index contributed by atoms with van der Waals surface area (Å²) in [7, 11) is 0. The van der Waals surface area contributed by atoms with Crippen molar-refractivity contribution in [1.29, 1.82) is 5.26 Å². The molecule has 0 amide bonds. The van der Waals surface area contributed by atoms with Crippen molar-refractivity contribution in [3.05, 3.63) is 70.3 Å². The summed E-state index contributed by atoms with van der Waals surface area (Å²) in [6.07, 6.45) is -4.41. The minimum absolute atomic E-state index is 0.180. The number of nitriles is 1. The third kappa shape index (κ3) is 3.31. The Morgan fingerprint density at radius 2 is 1.54 bits per heavy atom. The lowest BCUT2D eigenvalue weighted by molar-refractivity contribution is -0.138. The first-order chi connectivity index (χ1) is 11.1. The van der Waals surface area contributed by atoms with Gasteiger partial charge in [-0.05, 0) is 34.7 Å². The van der Waals surface area contributed by atoms with Crippen molar-refractivity contribution in [2.45, 2.75) is 45.2 Å². The molecule has 0 atom stereocenters. The van der Waals surface area contributed by atoms with Gasteiger partial charge in [0.25, 0.3) is 0 Å². The number of benzene rings is 2. The summed E-state index contributed by atoms with van der Waals surface area (Å²) < 4.78 is 40.1. The smallest absolute Gasteiger partial charge is 0.192 e. The molecule has 0 spiro atoms. The molecule has 24 heavy (non-hydrogen) atoms. The van der Waals surface area contributed by atoms with Crippen molar-refractivity contribution >= 4 is 0 Å². The summed E-state index contributed by atoms with van der Waals surface area (Å²) in [5.41, 5.74) is 0.814. The lowest BCUT2D eigenvalue weighted by Crippen LogP contribution is -2.24. The topological polar surface area (TPSA) is 23.8 Å². The summed E-state index contributed by atoms with van der Waals surface area (Å²) >= 11 is 0. The van der Waals surface area contributed by atoms with Crippen LogP contribution in [0.3, 0.4) is 0 Å². The van der Waals surface area contributed by atoms with Crippen molar-refractivity contribution in [2.24, 2.45) is 0 Å². The fourth-order valence-electron chi connectivity index (χ4n) is 2.98. The Balaban J connectivity index is 2.63. The van der Waals surface area contributed by atoms with E-state index in [2.05, 4.69) is 6.07 Å². The van der Waals surface area contributed by atoms with Crippen molar-refractivity contribution in [3.63, 3.8) is 0 Å². The number of nitrogens with zero attached hydrogens (tertiary/aromatic N) is 1. The fraction of sp³-hybridized carbons (Fsp3) is 0.350. The summed E-state index contributed by atoms with van der Waals surface area (Å²) in [5.74, 6) is 0.180. The maximum atomic E-state index is 13.4. The Morgan fingerprint density at radius 1 is 0.958 bits per heavy atom. The van der Waals surface area contributed by atoms with Crippen LogP contribution >= 0.6 is 0 Å². The molecule has 126 valence electrons. The molecule has 0 fully saturated rings. The molecule has 2 rings (SSSR count). The van der Waals surface area contributed by atoms with Crippen LogP contribution in [0.25, 0.3) is 0 Å². The van der Waals surface area contributed by atoms with Gasteiger partial charge in [0.2, 0.25) is 0 Å². The van der Waals surface area contributed by atoms with Gasteiger partial charge < -0.3 is 0 Å². The molecule has 0 aliphatic carbocycles. The average Bonchev–Trinajstić information content (AvgIpc) is 2.53. The SMILES string of the molecule is CC(C)c1ccc(C(C)(C)c2ccccc2C(F)(F)F)cc1C#N. The summed E-state index contributed by atoms with van der Waals surface area (Å²) in [4.78, 5) is 0. The van der Waals surface area contributed by atoms with Gasteiger partial charge in [0.1, 0.15) is 0 Å². The van der Waals surface area contributed by atoms with Gasteiger partial charge in [-0.25, -0.2) is 0 Å². The quantitative estimate of drug-likeness (QED) is 0.674. The highest BCUT2D eigenvalue weighted by molar-refractivity contribution is 5.49. The van der Waals surface area contributed by atoms with Crippen LogP contribution in [0.5, 0.6) is 0 Å². The first-order valence-corrected chi connectivity index (χ1v) is 7.80. The molecule has 0 aromatic heterocycles. The molecule has 0 saturated heterocycles. The van der Waals surface area contributed by atoms with Crippen LogP contribution < -0.4 is 0 Å². The van der Waals surface area contributed by atoms with E-state index in [9.17, 15) is 18.4 Å². The van der Waals surface area contributed by atoms with Crippen LogP contribution in [0.2, 0.25) is 0 Å². The molecule has 0 bridgehead atoms. The molecule has 0 saturated carbocycles. The molecule has 0 aliphatic heterocycles. The molecule has 1 nitrogen and oxygen atoms in total. The Bertz CT molecular complexity index is 780. The van der Waals surface area contributed by atoms with Crippen LogP contribution in [0.15, 0.2) is 42.5 Å². The molecule has 0 aliphatic rings. The average molecular weight is 331 g/mol.